The van der Waals surface area contributed by atoms with E-state index < -0.39 is 50.5 Å². The van der Waals surface area contributed by atoms with Gasteiger partial charge in [0.15, 0.2) is 5.36 Å². The quantitative estimate of drug-likeness (QED) is 0.169. The largest absolute Gasteiger partial charge is 0.296 e. The van der Waals surface area contributed by atoms with Crippen molar-refractivity contribution in [3.05, 3.63) is 88.5 Å². The molecule has 0 radical (unpaired) electrons. The normalized spacial score (nSPS) is 13.5. The number of anilines is 1. The van der Waals surface area contributed by atoms with Crippen LogP contribution in [0.5, 0.6) is 0 Å². The Kier molecular flexibility index (Phi) is 5.94. The topological polar surface area (TPSA) is 209 Å². The fourth-order valence-electron chi connectivity index (χ4n) is 2.90. The number of nitro benzene ring substituents is 1. The van der Waals surface area contributed by atoms with E-state index in [2.05, 4.69) is 15.5 Å². The molecule has 168 valence electrons. The molecule has 0 aliphatic heterocycles. The molecule has 0 spiro atoms. The van der Waals surface area contributed by atoms with Crippen molar-refractivity contribution in [2.75, 3.05) is 12.5 Å². The molecule has 0 bridgehead atoms. The first-order valence-electron chi connectivity index (χ1n) is 8.43. The SMILES string of the molecule is CN=c1ccc(=S(=O)(O)O)c2cc(S(=O)(=O)O)c(=NNc3ccc([N+](=O)[O-])cc3)c(=O)c1=2. The van der Waals surface area contributed by atoms with Gasteiger partial charge in [0, 0.05) is 24.4 Å². The third kappa shape index (κ3) is 4.41. The van der Waals surface area contributed by atoms with Gasteiger partial charge in [0.2, 0.25) is 15.5 Å². The van der Waals surface area contributed by atoms with Gasteiger partial charge in [-0.2, -0.15) is 13.5 Å². The smallest absolute Gasteiger partial charge is 0.293 e. The van der Waals surface area contributed by atoms with Crippen molar-refractivity contribution in [3.63, 3.8) is 0 Å². The molecular weight excluding hydrogens is 468 g/mol. The minimum atomic E-state index is -5.06. The van der Waals surface area contributed by atoms with Crippen LogP contribution in [0.3, 0.4) is 0 Å². The Hall–Kier alpha value is -3.50. The molecule has 1 aromatic rings. The predicted molar refractivity (Wildman–Crippen MR) is 111 cm³/mol. The van der Waals surface area contributed by atoms with Crippen LogP contribution in [0.25, 0.3) is 0 Å². The summed E-state index contributed by atoms with van der Waals surface area (Å²) < 4.78 is 63.8. The lowest BCUT2D eigenvalue weighted by Crippen LogP contribution is -2.36. The van der Waals surface area contributed by atoms with E-state index >= 15 is 0 Å². The molecular formula is C17H14N4O9S2. The Balaban J connectivity index is 2.48. The molecule has 3 rings (SSSR count). The lowest BCUT2D eigenvalue weighted by molar-refractivity contribution is -0.384. The minimum Gasteiger partial charge on any atom is -0.293 e. The highest BCUT2D eigenvalue weighted by Gasteiger charge is 2.19. The number of non-ortho nitro benzene ring substituents is 1. The third-order valence-corrected chi connectivity index (χ3v) is 6.11. The van der Waals surface area contributed by atoms with E-state index in [0.29, 0.717) is 0 Å². The molecule has 0 atom stereocenters. The Bertz CT molecular complexity index is 1740. The molecule has 4 N–H and O–H groups in total. The van der Waals surface area contributed by atoms with Crippen molar-refractivity contribution in [1.29, 1.82) is 0 Å². The Morgan fingerprint density at radius 2 is 1.66 bits per heavy atom. The van der Waals surface area contributed by atoms with Crippen molar-refractivity contribution in [2.24, 2.45) is 10.1 Å². The molecule has 2 aliphatic rings. The van der Waals surface area contributed by atoms with Gasteiger partial charge >= 0.3 is 0 Å². The summed E-state index contributed by atoms with van der Waals surface area (Å²) in [6.07, 6.45) is 0. The maximum atomic E-state index is 13.1. The highest BCUT2D eigenvalue weighted by Crippen LogP contribution is 2.15. The molecule has 0 heterocycles. The molecule has 0 amide bonds. The molecule has 15 heteroatoms. The first-order chi connectivity index (χ1) is 14.8. The number of hydrogen-bond acceptors (Lipinski definition) is 9. The molecule has 13 nitrogen and oxygen atoms in total. The summed E-state index contributed by atoms with van der Waals surface area (Å²) in [6.45, 7) is 0. The minimum absolute atomic E-state index is 0.00562. The predicted octanol–water partition coefficient (Wildman–Crippen LogP) is 0.0228. The maximum Gasteiger partial charge on any atom is 0.296 e. The first-order valence-corrected chi connectivity index (χ1v) is 11.3. The number of hydrogen-bond donors (Lipinski definition) is 4. The summed E-state index contributed by atoms with van der Waals surface area (Å²) in [5, 5.41) is 12.9. The van der Waals surface area contributed by atoms with E-state index in [4.69, 9.17) is 0 Å². The second kappa shape index (κ2) is 8.21. The molecule has 1 aromatic carbocycles. The van der Waals surface area contributed by atoms with Crippen LogP contribution in [0.2, 0.25) is 0 Å². The van der Waals surface area contributed by atoms with Crippen LogP contribution in [0, 0.1) is 25.1 Å². The van der Waals surface area contributed by atoms with Crippen molar-refractivity contribution < 1.29 is 31.2 Å². The average molecular weight is 482 g/mol. The van der Waals surface area contributed by atoms with Crippen molar-refractivity contribution >= 4 is 31.6 Å². The molecule has 0 aromatic heterocycles. The third-order valence-electron chi connectivity index (χ3n) is 4.31. The van der Waals surface area contributed by atoms with Gasteiger partial charge in [-0.1, -0.05) is 0 Å². The zero-order chi connectivity index (χ0) is 23.8. The average Bonchev–Trinajstić information content (AvgIpc) is 2.70. The molecule has 0 unspecified atom stereocenters. The summed E-state index contributed by atoms with van der Waals surface area (Å²) in [6, 6.07) is 7.66. The number of benzene rings is 1. The van der Waals surface area contributed by atoms with Gasteiger partial charge in [-0.15, -0.1) is 0 Å². The summed E-state index contributed by atoms with van der Waals surface area (Å²) in [7, 11) is -8.37. The van der Waals surface area contributed by atoms with E-state index in [9.17, 15) is 41.2 Å². The number of nitro groups is 1. The zero-order valence-corrected chi connectivity index (χ0v) is 17.6. The highest BCUT2D eigenvalue weighted by molar-refractivity contribution is 7.85. The monoisotopic (exact) mass is 482 g/mol. The van der Waals surface area contributed by atoms with Crippen LogP contribution in [0.15, 0.2) is 62.2 Å². The van der Waals surface area contributed by atoms with Gasteiger partial charge in [0.05, 0.1) is 25.7 Å². The summed E-state index contributed by atoms with van der Waals surface area (Å²) in [5.41, 5.74) is 1.23. The van der Waals surface area contributed by atoms with Gasteiger partial charge in [-0.3, -0.25) is 39.0 Å². The van der Waals surface area contributed by atoms with Crippen LogP contribution in [0.1, 0.15) is 0 Å². The van der Waals surface area contributed by atoms with Gasteiger partial charge in [0.1, 0.15) is 4.90 Å². The van der Waals surface area contributed by atoms with Crippen molar-refractivity contribution in [1.82, 2.24) is 0 Å². The summed E-state index contributed by atoms with van der Waals surface area (Å²) >= 11 is 0. The van der Waals surface area contributed by atoms with E-state index in [-0.39, 0.29) is 22.0 Å². The summed E-state index contributed by atoms with van der Waals surface area (Å²) in [4.78, 5) is 26.1. The van der Waals surface area contributed by atoms with E-state index in [1.807, 2.05) is 0 Å². The van der Waals surface area contributed by atoms with Gasteiger partial charge in [-0.05, 0) is 30.3 Å². The lowest BCUT2D eigenvalue weighted by Gasteiger charge is -2.04. The van der Waals surface area contributed by atoms with Crippen molar-refractivity contribution in [2.45, 2.75) is 4.90 Å². The molecule has 32 heavy (non-hydrogen) atoms. The van der Waals surface area contributed by atoms with Crippen LogP contribution < -0.4 is 21.6 Å². The second-order valence-corrected chi connectivity index (χ2v) is 9.10. The molecule has 2 aliphatic carbocycles. The first kappa shape index (κ1) is 23.2. The van der Waals surface area contributed by atoms with Crippen LogP contribution in [-0.4, -0.2) is 38.3 Å². The standard InChI is InChI=1S/C17H14N4O9S2/c1-18-12-6-7-13(31(25,26)27)11-8-14(32(28,29)30)16(17(22)15(11)12)20-19-9-2-4-10(5-3-9)21(23)24/h2-8,19H,1H3,(H2,25,26,27)(H,28,29,30). The van der Waals surface area contributed by atoms with Crippen molar-refractivity contribution in [3.8, 4) is 0 Å². The Morgan fingerprint density at radius 3 is 2.16 bits per heavy atom. The number of nitrogens with zero attached hydrogens (tertiary/aromatic N) is 3. The van der Waals surface area contributed by atoms with Gasteiger partial charge in [0.25, 0.3) is 15.8 Å². The fourth-order valence-corrected chi connectivity index (χ4v) is 4.24. The van der Waals surface area contributed by atoms with E-state index in [1.165, 1.54) is 25.2 Å². The Labute approximate surface area is 179 Å². The van der Waals surface area contributed by atoms with E-state index in [1.54, 1.807) is 0 Å². The van der Waals surface area contributed by atoms with Crippen LogP contribution >= 0.6 is 0 Å². The van der Waals surface area contributed by atoms with Gasteiger partial charge in [-0.25, -0.2) is 4.21 Å². The fraction of sp³-hybridized carbons (Fsp3) is 0.0588. The summed E-state index contributed by atoms with van der Waals surface area (Å²) in [5.74, 6) is 0. The van der Waals surface area contributed by atoms with Crippen LogP contribution in [-0.2, 0) is 20.2 Å². The molecule has 0 fully saturated rings. The van der Waals surface area contributed by atoms with Gasteiger partial charge < -0.3 is 0 Å². The maximum absolute atomic E-state index is 13.1. The lowest BCUT2D eigenvalue weighted by atomic mass is 10.1. The number of nitrogens with one attached hydrogen (secondary N) is 1. The second-order valence-electron chi connectivity index (χ2n) is 6.28. The van der Waals surface area contributed by atoms with Crippen LogP contribution in [0.4, 0.5) is 11.4 Å². The molecule has 0 saturated heterocycles. The number of rotatable bonds is 4. The Morgan fingerprint density at radius 1 is 1.03 bits per heavy atom. The van der Waals surface area contributed by atoms with E-state index in [0.717, 1.165) is 24.3 Å². The zero-order valence-electron chi connectivity index (χ0n) is 16.0. The highest BCUT2D eigenvalue weighted by atomic mass is 32.2. The molecule has 0 saturated carbocycles.